The summed E-state index contributed by atoms with van der Waals surface area (Å²) < 4.78 is 0. The lowest BCUT2D eigenvalue weighted by Gasteiger charge is -2.05. The average Bonchev–Trinajstić information content (AvgIpc) is 3.15. The van der Waals surface area contributed by atoms with E-state index in [1.165, 1.54) is 12.8 Å². The number of nitrogens with zero attached hydrogens (tertiary/aromatic N) is 3. The van der Waals surface area contributed by atoms with Crippen LogP contribution in [0.25, 0.3) is 0 Å². The van der Waals surface area contributed by atoms with E-state index in [0.717, 1.165) is 23.7 Å². The van der Waals surface area contributed by atoms with E-state index < -0.39 is 0 Å². The van der Waals surface area contributed by atoms with Gasteiger partial charge in [0, 0.05) is 18.1 Å². The van der Waals surface area contributed by atoms with Crippen molar-refractivity contribution in [2.45, 2.75) is 19.3 Å². The number of anilines is 2. The van der Waals surface area contributed by atoms with E-state index in [9.17, 15) is 0 Å². The second-order valence-electron chi connectivity index (χ2n) is 4.39. The number of pyridine rings is 1. The Balaban J connectivity index is 1.73. The van der Waals surface area contributed by atoms with Gasteiger partial charge in [-0.1, -0.05) is 0 Å². The third-order valence-corrected chi connectivity index (χ3v) is 2.83. The molecule has 0 unspecified atom stereocenters. The maximum atomic E-state index is 4.50. The van der Waals surface area contributed by atoms with E-state index in [1.807, 2.05) is 24.4 Å². The Bertz CT molecular complexity index is 494. The predicted molar refractivity (Wildman–Crippen MR) is 66.0 cm³/mol. The van der Waals surface area contributed by atoms with E-state index >= 15 is 0 Å². The van der Waals surface area contributed by atoms with Crippen LogP contribution >= 0.6 is 0 Å². The molecule has 1 N–H and O–H groups in total. The van der Waals surface area contributed by atoms with Crippen LogP contribution in [-0.4, -0.2) is 15.0 Å². The van der Waals surface area contributed by atoms with Crippen LogP contribution in [-0.2, 0) is 6.42 Å². The fraction of sp³-hybridized carbons (Fsp3) is 0.308. The number of aromatic nitrogens is 3. The van der Waals surface area contributed by atoms with Crippen molar-refractivity contribution in [1.29, 1.82) is 0 Å². The number of rotatable bonds is 4. The standard InChI is InChI=1S/C13H14N4/c1-2-12(9-14-6-1)17-13-15-7-5-11(16-13)8-10-3-4-10/h1-2,5-7,9-10H,3-4,8H2,(H,15,16,17). The fourth-order valence-corrected chi connectivity index (χ4v) is 1.75. The lowest BCUT2D eigenvalue weighted by molar-refractivity contribution is 0.800. The Morgan fingerprint density at radius 3 is 2.94 bits per heavy atom. The molecule has 0 aliphatic heterocycles. The number of nitrogens with one attached hydrogen (secondary N) is 1. The zero-order valence-electron chi connectivity index (χ0n) is 9.50. The SMILES string of the molecule is c1cncc(Nc2nccc(CC3CC3)n2)c1. The van der Waals surface area contributed by atoms with Gasteiger partial charge in [-0.15, -0.1) is 0 Å². The second-order valence-corrected chi connectivity index (χ2v) is 4.39. The van der Waals surface area contributed by atoms with Crippen molar-refractivity contribution >= 4 is 11.6 Å². The van der Waals surface area contributed by atoms with Crippen LogP contribution in [0.4, 0.5) is 11.6 Å². The molecule has 1 aliphatic carbocycles. The molecular formula is C13H14N4. The number of hydrogen-bond donors (Lipinski definition) is 1. The van der Waals surface area contributed by atoms with Crippen molar-refractivity contribution in [2.24, 2.45) is 5.92 Å². The van der Waals surface area contributed by atoms with E-state index in [-0.39, 0.29) is 0 Å². The molecule has 0 saturated heterocycles. The van der Waals surface area contributed by atoms with Crippen LogP contribution in [0, 0.1) is 5.92 Å². The van der Waals surface area contributed by atoms with Gasteiger partial charge in [-0.3, -0.25) is 4.98 Å². The van der Waals surface area contributed by atoms with E-state index in [1.54, 1.807) is 12.4 Å². The Kier molecular flexibility index (Phi) is 2.69. The van der Waals surface area contributed by atoms with Crippen molar-refractivity contribution in [3.8, 4) is 0 Å². The van der Waals surface area contributed by atoms with Crippen molar-refractivity contribution in [1.82, 2.24) is 15.0 Å². The van der Waals surface area contributed by atoms with Gasteiger partial charge < -0.3 is 5.32 Å². The summed E-state index contributed by atoms with van der Waals surface area (Å²) >= 11 is 0. The molecule has 2 aromatic heterocycles. The van der Waals surface area contributed by atoms with Gasteiger partial charge in [0.1, 0.15) is 0 Å². The quantitative estimate of drug-likeness (QED) is 0.870. The normalized spacial score (nSPS) is 14.6. The molecular weight excluding hydrogens is 212 g/mol. The molecule has 2 aromatic rings. The van der Waals surface area contributed by atoms with Crippen molar-refractivity contribution < 1.29 is 0 Å². The van der Waals surface area contributed by atoms with Gasteiger partial charge in [0.25, 0.3) is 0 Å². The third-order valence-electron chi connectivity index (χ3n) is 2.83. The molecule has 2 heterocycles. The second kappa shape index (κ2) is 4.49. The van der Waals surface area contributed by atoms with Crippen LogP contribution in [0.2, 0.25) is 0 Å². The molecule has 0 bridgehead atoms. The molecule has 0 aromatic carbocycles. The minimum atomic E-state index is 0.649. The highest BCUT2D eigenvalue weighted by Gasteiger charge is 2.22. The summed E-state index contributed by atoms with van der Waals surface area (Å²) in [6.07, 6.45) is 9.07. The van der Waals surface area contributed by atoms with Crippen molar-refractivity contribution in [2.75, 3.05) is 5.32 Å². The van der Waals surface area contributed by atoms with Gasteiger partial charge in [-0.05, 0) is 43.4 Å². The van der Waals surface area contributed by atoms with E-state index in [4.69, 9.17) is 0 Å². The summed E-state index contributed by atoms with van der Waals surface area (Å²) in [4.78, 5) is 12.8. The van der Waals surface area contributed by atoms with Gasteiger partial charge in [0.15, 0.2) is 0 Å². The first-order valence-electron chi connectivity index (χ1n) is 5.89. The Hall–Kier alpha value is -1.97. The first-order chi connectivity index (χ1) is 8.40. The molecule has 1 fully saturated rings. The van der Waals surface area contributed by atoms with Gasteiger partial charge >= 0.3 is 0 Å². The van der Waals surface area contributed by atoms with E-state index in [2.05, 4.69) is 20.3 Å². The topological polar surface area (TPSA) is 50.7 Å². The van der Waals surface area contributed by atoms with Crippen LogP contribution in [0.1, 0.15) is 18.5 Å². The zero-order valence-corrected chi connectivity index (χ0v) is 9.50. The molecule has 0 radical (unpaired) electrons. The Labute approximate surface area is 100 Å². The first kappa shape index (κ1) is 10.2. The summed E-state index contributed by atoms with van der Waals surface area (Å²) in [5.41, 5.74) is 2.03. The lowest BCUT2D eigenvalue weighted by atomic mass is 10.2. The summed E-state index contributed by atoms with van der Waals surface area (Å²) in [5.74, 6) is 1.49. The highest BCUT2D eigenvalue weighted by atomic mass is 15.1. The molecule has 4 heteroatoms. The predicted octanol–water partition coefficient (Wildman–Crippen LogP) is 2.57. The fourth-order valence-electron chi connectivity index (χ4n) is 1.75. The van der Waals surface area contributed by atoms with Crippen LogP contribution in [0.5, 0.6) is 0 Å². The van der Waals surface area contributed by atoms with Gasteiger partial charge in [0.05, 0.1) is 11.9 Å². The van der Waals surface area contributed by atoms with Crippen molar-refractivity contribution in [3.05, 3.63) is 42.5 Å². The molecule has 3 rings (SSSR count). The lowest BCUT2D eigenvalue weighted by Crippen LogP contribution is -2.00. The summed E-state index contributed by atoms with van der Waals surface area (Å²) in [7, 11) is 0. The Morgan fingerprint density at radius 1 is 1.24 bits per heavy atom. The van der Waals surface area contributed by atoms with E-state index in [0.29, 0.717) is 5.95 Å². The molecule has 1 saturated carbocycles. The summed E-state index contributed by atoms with van der Waals surface area (Å²) in [6.45, 7) is 0. The summed E-state index contributed by atoms with van der Waals surface area (Å²) in [5, 5.41) is 3.15. The van der Waals surface area contributed by atoms with Gasteiger partial charge in [-0.25, -0.2) is 9.97 Å². The largest absolute Gasteiger partial charge is 0.323 e. The highest BCUT2D eigenvalue weighted by molar-refractivity contribution is 5.50. The van der Waals surface area contributed by atoms with Crippen molar-refractivity contribution in [3.63, 3.8) is 0 Å². The molecule has 0 amide bonds. The maximum absolute atomic E-state index is 4.50. The first-order valence-corrected chi connectivity index (χ1v) is 5.89. The maximum Gasteiger partial charge on any atom is 0.227 e. The minimum Gasteiger partial charge on any atom is -0.323 e. The average molecular weight is 226 g/mol. The third kappa shape index (κ3) is 2.78. The Morgan fingerprint density at radius 2 is 2.18 bits per heavy atom. The number of hydrogen-bond acceptors (Lipinski definition) is 4. The van der Waals surface area contributed by atoms with Gasteiger partial charge in [0.2, 0.25) is 5.95 Å². The summed E-state index contributed by atoms with van der Waals surface area (Å²) in [6, 6.07) is 5.83. The van der Waals surface area contributed by atoms with Crippen LogP contribution in [0.15, 0.2) is 36.8 Å². The smallest absolute Gasteiger partial charge is 0.227 e. The zero-order chi connectivity index (χ0) is 11.5. The molecule has 0 atom stereocenters. The molecule has 86 valence electrons. The van der Waals surface area contributed by atoms with Crippen LogP contribution < -0.4 is 5.32 Å². The highest BCUT2D eigenvalue weighted by Crippen LogP contribution is 2.32. The molecule has 17 heavy (non-hydrogen) atoms. The van der Waals surface area contributed by atoms with Gasteiger partial charge in [-0.2, -0.15) is 0 Å². The molecule has 0 spiro atoms. The molecule has 4 nitrogen and oxygen atoms in total. The van der Waals surface area contributed by atoms with Crippen LogP contribution in [0.3, 0.4) is 0 Å². The minimum absolute atomic E-state index is 0.649. The monoisotopic (exact) mass is 226 g/mol. The molecule has 1 aliphatic rings.